The first kappa shape index (κ1) is 8.41. The quantitative estimate of drug-likeness (QED) is 0.696. The minimum atomic E-state index is 0.807. The van der Waals surface area contributed by atoms with Gasteiger partial charge in [0.15, 0.2) is 0 Å². The van der Waals surface area contributed by atoms with Crippen molar-refractivity contribution < 1.29 is 0 Å². The molecule has 0 unspecified atom stereocenters. The Kier molecular flexibility index (Phi) is 2.06. The smallest absolute Gasteiger partial charge is 0.0514 e. The summed E-state index contributed by atoms with van der Waals surface area (Å²) >= 11 is 9.43. The van der Waals surface area contributed by atoms with Crippen LogP contribution in [0.5, 0.6) is 0 Å². The lowest BCUT2D eigenvalue weighted by Gasteiger charge is -1.99. The van der Waals surface area contributed by atoms with Gasteiger partial charge in [0, 0.05) is 24.8 Å². The number of halogens is 1. The maximum Gasteiger partial charge on any atom is 0.0514 e. The first-order valence-corrected chi connectivity index (χ1v) is 5.46. The van der Waals surface area contributed by atoms with Crippen molar-refractivity contribution in [3.05, 3.63) is 22.0 Å². The summed E-state index contributed by atoms with van der Waals surface area (Å²) in [6.07, 6.45) is 0. The average molecular weight is 260 g/mol. The van der Waals surface area contributed by atoms with Crippen molar-refractivity contribution in [1.29, 1.82) is 0 Å². The van der Waals surface area contributed by atoms with E-state index in [9.17, 15) is 0 Å². The topological polar surface area (TPSA) is 26.0 Å². The lowest BCUT2D eigenvalue weighted by Crippen LogP contribution is -1.81. The molecule has 4 heteroatoms. The molecule has 0 atom stereocenters. The van der Waals surface area contributed by atoms with Crippen molar-refractivity contribution in [2.75, 3.05) is 5.73 Å². The molecule has 1 nitrogen and oxygen atoms in total. The van der Waals surface area contributed by atoms with Crippen LogP contribution in [0, 0.1) is 0 Å². The van der Waals surface area contributed by atoms with Gasteiger partial charge in [0.25, 0.3) is 0 Å². The molecule has 2 N–H and O–H groups in total. The maximum atomic E-state index is 5.79. The van der Waals surface area contributed by atoms with Gasteiger partial charge in [-0.2, -0.15) is 0 Å². The summed E-state index contributed by atoms with van der Waals surface area (Å²) in [7, 11) is 0. The van der Waals surface area contributed by atoms with Crippen molar-refractivity contribution in [3.8, 4) is 0 Å². The van der Waals surface area contributed by atoms with Crippen molar-refractivity contribution in [3.63, 3.8) is 0 Å². The minimum Gasteiger partial charge on any atom is -0.398 e. The van der Waals surface area contributed by atoms with E-state index in [1.807, 2.05) is 17.5 Å². The Morgan fingerprint density at radius 3 is 2.92 bits per heavy atom. The molecular weight excluding hydrogens is 254 g/mol. The Hall–Kier alpha value is -0.190. The van der Waals surface area contributed by atoms with E-state index >= 15 is 0 Å². The fourth-order valence-electron chi connectivity index (χ4n) is 1.11. The number of nitrogen functional groups attached to an aromatic ring is 1. The molecule has 12 heavy (non-hydrogen) atoms. The standard InChI is InChI=1S/C8H6BrNS2/c9-4-1-2-6-7(8(4)11)5(10)3-12-6/h1-3,11H,10H2. The van der Waals surface area contributed by atoms with Crippen LogP contribution >= 0.6 is 39.9 Å². The van der Waals surface area contributed by atoms with Crippen LogP contribution in [0.15, 0.2) is 26.9 Å². The molecule has 0 amide bonds. The highest BCUT2D eigenvalue weighted by atomic mass is 79.9. The highest BCUT2D eigenvalue weighted by Crippen LogP contribution is 2.36. The summed E-state index contributed by atoms with van der Waals surface area (Å²) in [6, 6.07) is 4.03. The van der Waals surface area contributed by atoms with Gasteiger partial charge in [-0.3, -0.25) is 0 Å². The van der Waals surface area contributed by atoms with Gasteiger partial charge in [-0.15, -0.1) is 24.0 Å². The molecule has 0 saturated carbocycles. The van der Waals surface area contributed by atoms with Gasteiger partial charge < -0.3 is 5.73 Å². The first-order valence-electron chi connectivity index (χ1n) is 3.34. The van der Waals surface area contributed by atoms with Gasteiger partial charge in [0.1, 0.15) is 0 Å². The third-order valence-electron chi connectivity index (χ3n) is 1.69. The molecule has 1 heterocycles. The zero-order valence-corrected chi connectivity index (χ0v) is 9.34. The molecule has 0 aliphatic heterocycles. The summed E-state index contributed by atoms with van der Waals surface area (Å²) < 4.78 is 2.17. The van der Waals surface area contributed by atoms with E-state index in [1.54, 1.807) is 11.3 Å². The van der Waals surface area contributed by atoms with Crippen LogP contribution in [0.2, 0.25) is 0 Å². The highest BCUT2D eigenvalue weighted by molar-refractivity contribution is 9.10. The van der Waals surface area contributed by atoms with Crippen LogP contribution in [-0.2, 0) is 0 Å². The average Bonchev–Trinajstić information content (AvgIpc) is 2.41. The van der Waals surface area contributed by atoms with Crippen LogP contribution in [0.25, 0.3) is 10.1 Å². The van der Waals surface area contributed by atoms with Gasteiger partial charge in [-0.1, -0.05) is 0 Å². The first-order chi connectivity index (χ1) is 5.70. The lowest BCUT2D eigenvalue weighted by atomic mass is 10.2. The zero-order chi connectivity index (χ0) is 8.72. The second-order valence-corrected chi connectivity index (χ2v) is 4.67. The third kappa shape index (κ3) is 1.14. The van der Waals surface area contributed by atoms with Crippen LogP contribution in [-0.4, -0.2) is 0 Å². The van der Waals surface area contributed by atoms with Crippen LogP contribution in [0.4, 0.5) is 5.69 Å². The van der Waals surface area contributed by atoms with Gasteiger partial charge in [0.05, 0.1) is 5.69 Å². The van der Waals surface area contributed by atoms with Gasteiger partial charge in [-0.25, -0.2) is 0 Å². The molecule has 0 fully saturated rings. The summed E-state index contributed by atoms with van der Waals surface area (Å²) in [4.78, 5) is 0.922. The van der Waals surface area contributed by atoms with Crippen LogP contribution in [0.1, 0.15) is 0 Å². The summed E-state index contributed by atoms with van der Waals surface area (Å²) in [5.41, 5.74) is 6.59. The summed E-state index contributed by atoms with van der Waals surface area (Å²) in [5.74, 6) is 0. The van der Waals surface area contributed by atoms with Crippen molar-refractivity contribution in [1.82, 2.24) is 0 Å². The number of hydrogen-bond acceptors (Lipinski definition) is 3. The molecule has 0 saturated heterocycles. The Morgan fingerprint density at radius 2 is 2.17 bits per heavy atom. The number of benzene rings is 1. The second kappa shape index (κ2) is 2.94. The van der Waals surface area contributed by atoms with Crippen molar-refractivity contribution in [2.24, 2.45) is 0 Å². The monoisotopic (exact) mass is 259 g/mol. The number of nitrogens with two attached hydrogens (primary N) is 1. The Bertz CT molecular complexity index is 436. The second-order valence-electron chi connectivity index (χ2n) is 2.46. The molecule has 0 bridgehead atoms. The Labute approximate surface area is 88.1 Å². The van der Waals surface area contributed by atoms with Crippen molar-refractivity contribution in [2.45, 2.75) is 4.90 Å². The van der Waals surface area contributed by atoms with Gasteiger partial charge >= 0.3 is 0 Å². The van der Waals surface area contributed by atoms with Crippen LogP contribution < -0.4 is 5.73 Å². The summed E-state index contributed by atoms with van der Waals surface area (Å²) in [6.45, 7) is 0. The number of anilines is 1. The molecule has 1 aromatic carbocycles. The fourth-order valence-corrected chi connectivity index (χ4v) is 2.70. The molecule has 0 aliphatic carbocycles. The third-order valence-corrected chi connectivity index (χ3v) is 4.09. The van der Waals surface area contributed by atoms with E-state index in [2.05, 4.69) is 28.6 Å². The van der Waals surface area contributed by atoms with E-state index < -0.39 is 0 Å². The Morgan fingerprint density at radius 1 is 1.42 bits per heavy atom. The van der Waals surface area contributed by atoms with Gasteiger partial charge in [-0.05, 0) is 28.1 Å². The minimum absolute atomic E-state index is 0.807. The predicted molar refractivity (Wildman–Crippen MR) is 61.2 cm³/mol. The Balaban J connectivity index is 2.96. The van der Waals surface area contributed by atoms with Crippen LogP contribution in [0.3, 0.4) is 0 Å². The van der Waals surface area contributed by atoms with Crippen molar-refractivity contribution >= 4 is 55.7 Å². The highest BCUT2D eigenvalue weighted by Gasteiger charge is 2.06. The summed E-state index contributed by atoms with van der Waals surface area (Å²) in [5, 5.41) is 2.99. The van der Waals surface area contributed by atoms with E-state index in [1.165, 1.54) is 4.70 Å². The molecule has 62 valence electrons. The molecule has 1 aromatic heterocycles. The zero-order valence-electron chi connectivity index (χ0n) is 6.04. The SMILES string of the molecule is Nc1csc2ccc(Br)c(S)c12. The molecular formula is C8H6BrNS2. The van der Waals surface area contributed by atoms with E-state index in [-0.39, 0.29) is 0 Å². The number of fused-ring (bicyclic) bond motifs is 1. The number of thiol groups is 1. The maximum absolute atomic E-state index is 5.79. The number of hydrogen-bond donors (Lipinski definition) is 2. The van der Waals surface area contributed by atoms with Gasteiger partial charge in [0.2, 0.25) is 0 Å². The van der Waals surface area contributed by atoms with E-state index in [4.69, 9.17) is 5.73 Å². The predicted octanol–water partition coefficient (Wildman–Crippen LogP) is 3.53. The number of thiophene rings is 1. The normalized spacial score (nSPS) is 10.8. The van der Waals surface area contributed by atoms with E-state index in [0.717, 1.165) is 20.4 Å². The molecule has 2 aromatic rings. The molecule has 0 aliphatic rings. The molecule has 0 spiro atoms. The lowest BCUT2D eigenvalue weighted by molar-refractivity contribution is 1.52. The molecule has 0 radical (unpaired) electrons. The number of rotatable bonds is 0. The molecule has 2 rings (SSSR count). The van der Waals surface area contributed by atoms with E-state index in [0.29, 0.717) is 0 Å². The largest absolute Gasteiger partial charge is 0.398 e. The fraction of sp³-hybridized carbons (Fsp3) is 0.